The standard InChI is InChI=1S/C33H40FN3O5S/c1-4-42-30-18-16-29(17-19-30)37(43(40,41)31-20-14-27(34)15-21-31)23-32(38)36(22-26-11-9-8-10-24(26)2)25(3)33(39)35-28-12-6-5-7-13-28/h8-11,14-21,25,28H,4-7,12-13,22-23H2,1-3H3,(H,35,39)/t25-/m1/s1. The van der Waals surface area contributed by atoms with Crippen LogP contribution in [0, 0.1) is 12.7 Å². The number of rotatable bonds is 12. The first-order chi connectivity index (χ1) is 20.6. The molecule has 0 radical (unpaired) electrons. The lowest BCUT2D eigenvalue weighted by Crippen LogP contribution is -2.53. The molecule has 1 saturated carbocycles. The molecule has 230 valence electrons. The summed E-state index contributed by atoms with van der Waals surface area (Å²) in [5.74, 6) is -0.854. The molecule has 0 aromatic heterocycles. The number of aryl methyl sites for hydroxylation is 1. The van der Waals surface area contributed by atoms with Gasteiger partial charge in [-0.05, 0) is 93.3 Å². The van der Waals surface area contributed by atoms with Gasteiger partial charge in [-0.25, -0.2) is 12.8 Å². The van der Waals surface area contributed by atoms with E-state index in [1.165, 1.54) is 17.0 Å². The molecule has 0 aliphatic heterocycles. The number of hydrogen-bond acceptors (Lipinski definition) is 5. The van der Waals surface area contributed by atoms with Gasteiger partial charge in [0.2, 0.25) is 11.8 Å². The van der Waals surface area contributed by atoms with E-state index in [1.54, 1.807) is 31.2 Å². The van der Waals surface area contributed by atoms with Crippen molar-refractivity contribution >= 4 is 27.5 Å². The highest BCUT2D eigenvalue weighted by Gasteiger charge is 2.33. The second-order valence-corrected chi connectivity index (χ2v) is 12.7. The van der Waals surface area contributed by atoms with Crippen LogP contribution in [0.25, 0.3) is 0 Å². The van der Waals surface area contributed by atoms with Crippen LogP contribution in [0.3, 0.4) is 0 Å². The highest BCUT2D eigenvalue weighted by atomic mass is 32.2. The maximum Gasteiger partial charge on any atom is 0.264 e. The minimum absolute atomic E-state index is 0.0540. The molecular weight excluding hydrogens is 569 g/mol. The minimum Gasteiger partial charge on any atom is -0.494 e. The number of carbonyl (C=O) groups is 2. The smallest absolute Gasteiger partial charge is 0.264 e. The molecule has 1 aliphatic carbocycles. The SMILES string of the molecule is CCOc1ccc(N(CC(=O)N(Cc2ccccc2C)[C@H](C)C(=O)NC2CCCCC2)S(=O)(=O)c2ccc(F)cc2)cc1. The second-order valence-electron chi connectivity index (χ2n) is 10.9. The topological polar surface area (TPSA) is 96.0 Å². The van der Waals surface area contributed by atoms with E-state index in [9.17, 15) is 22.4 Å². The van der Waals surface area contributed by atoms with Crippen LogP contribution in [0.15, 0.2) is 77.7 Å². The van der Waals surface area contributed by atoms with Gasteiger partial charge >= 0.3 is 0 Å². The highest BCUT2D eigenvalue weighted by Crippen LogP contribution is 2.27. The third kappa shape index (κ3) is 8.13. The molecule has 43 heavy (non-hydrogen) atoms. The molecule has 0 unspecified atom stereocenters. The van der Waals surface area contributed by atoms with Gasteiger partial charge in [-0.3, -0.25) is 13.9 Å². The van der Waals surface area contributed by atoms with Crippen LogP contribution in [0.4, 0.5) is 10.1 Å². The molecule has 10 heteroatoms. The molecule has 0 heterocycles. The fraction of sp³-hybridized carbons (Fsp3) is 0.394. The van der Waals surface area contributed by atoms with Gasteiger partial charge < -0.3 is 15.0 Å². The van der Waals surface area contributed by atoms with Crippen LogP contribution < -0.4 is 14.4 Å². The second kappa shape index (κ2) is 14.5. The minimum atomic E-state index is -4.30. The summed E-state index contributed by atoms with van der Waals surface area (Å²) in [5, 5.41) is 3.10. The summed E-state index contributed by atoms with van der Waals surface area (Å²) in [6.07, 6.45) is 5.02. The third-order valence-corrected chi connectivity index (χ3v) is 9.63. The van der Waals surface area contributed by atoms with Gasteiger partial charge in [0.25, 0.3) is 10.0 Å². The maximum atomic E-state index is 14.1. The highest BCUT2D eigenvalue weighted by molar-refractivity contribution is 7.92. The number of nitrogens with zero attached hydrogens (tertiary/aromatic N) is 2. The average Bonchev–Trinajstić information content (AvgIpc) is 3.00. The van der Waals surface area contributed by atoms with E-state index in [4.69, 9.17) is 4.74 Å². The van der Waals surface area contributed by atoms with E-state index < -0.39 is 34.3 Å². The molecule has 3 aromatic rings. The maximum absolute atomic E-state index is 14.1. The number of ether oxygens (including phenoxy) is 1. The van der Waals surface area contributed by atoms with Crippen LogP contribution in [0.2, 0.25) is 0 Å². The average molecular weight is 610 g/mol. The molecule has 1 atom stereocenters. The molecule has 3 aromatic carbocycles. The Morgan fingerprint density at radius 2 is 1.63 bits per heavy atom. The molecule has 2 amide bonds. The van der Waals surface area contributed by atoms with Crippen molar-refractivity contribution in [3.05, 3.63) is 89.7 Å². The predicted molar refractivity (Wildman–Crippen MR) is 165 cm³/mol. The van der Waals surface area contributed by atoms with E-state index in [0.717, 1.165) is 59.7 Å². The zero-order valence-electron chi connectivity index (χ0n) is 25.0. The Morgan fingerprint density at radius 1 is 0.977 bits per heavy atom. The van der Waals surface area contributed by atoms with Crippen LogP contribution >= 0.6 is 0 Å². The van der Waals surface area contributed by atoms with E-state index >= 15 is 0 Å². The van der Waals surface area contributed by atoms with Crippen molar-refractivity contribution in [3.8, 4) is 5.75 Å². The molecule has 1 aliphatic rings. The first-order valence-electron chi connectivity index (χ1n) is 14.8. The van der Waals surface area contributed by atoms with Crippen molar-refractivity contribution in [1.82, 2.24) is 10.2 Å². The molecule has 0 bridgehead atoms. The number of nitrogens with one attached hydrogen (secondary N) is 1. The Kier molecular flexibility index (Phi) is 10.8. The Labute approximate surface area is 253 Å². The van der Waals surface area contributed by atoms with Crippen LogP contribution in [-0.2, 0) is 26.2 Å². The van der Waals surface area contributed by atoms with Gasteiger partial charge in [0.05, 0.1) is 17.2 Å². The monoisotopic (exact) mass is 609 g/mol. The van der Waals surface area contributed by atoms with E-state index in [-0.39, 0.29) is 29.1 Å². The Hall–Kier alpha value is -3.92. The molecule has 4 rings (SSSR count). The molecule has 1 N–H and O–H groups in total. The summed E-state index contributed by atoms with van der Waals surface area (Å²) < 4.78 is 48.0. The van der Waals surface area contributed by atoms with Crippen molar-refractivity contribution < 1.29 is 27.1 Å². The summed E-state index contributed by atoms with van der Waals surface area (Å²) in [6, 6.07) is 17.6. The lowest BCUT2D eigenvalue weighted by molar-refractivity contribution is -0.139. The first kappa shape index (κ1) is 32.0. The number of anilines is 1. The summed E-state index contributed by atoms with van der Waals surface area (Å²) in [7, 11) is -4.30. The zero-order chi connectivity index (χ0) is 31.0. The molecule has 0 spiro atoms. The van der Waals surface area contributed by atoms with Crippen LogP contribution in [0.1, 0.15) is 57.1 Å². The number of amides is 2. The van der Waals surface area contributed by atoms with E-state index in [0.29, 0.717) is 12.4 Å². The number of carbonyl (C=O) groups excluding carboxylic acids is 2. The number of benzene rings is 3. The van der Waals surface area contributed by atoms with Crippen molar-refractivity contribution in [2.45, 2.75) is 76.4 Å². The summed E-state index contributed by atoms with van der Waals surface area (Å²) in [5.41, 5.74) is 2.03. The molecule has 8 nitrogen and oxygen atoms in total. The fourth-order valence-corrected chi connectivity index (χ4v) is 6.67. The van der Waals surface area contributed by atoms with Crippen molar-refractivity contribution in [2.75, 3.05) is 17.5 Å². The molecule has 0 saturated heterocycles. The third-order valence-electron chi connectivity index (χ3n) is 7.84. The van der Waals surface area contributed by atoms with Gasteiger partial charge in [-0.15, -0.1) is 0 Å². The molecular formula is C33H40FN3O5S. The van der Waals surface area contributed by atoms with Crippen molar-refractivity contribution in [2.24, 2.45) is 0 Å². The molecule has 1 fully saturated rings. The van der Waals surface area contributed by atoms with Crippen molar-refractivity contribution in [3.63, 3.8) is 0 Å². The van der Waals surface area contributed by atoms with Gasteiger partial charge in [-0.2, -0.15) is 0 Å². The lowest BCUT2D eigenvalue weighted by Gasteiger charge is -2.33. The fourth-order valence-electron chi connectivity index (χ4n) is 5.26. The normalized spacial score (nSPS) is 14.5. The zero-order valence-corrected chi connectivity index (χ0v) is 25.8. The summed E-state index contributed by atoms with van der Waals surface area (Å²) >= 11 is 0. The van der Waals surface area contributed by atoms with Crippen LogP contribution in [0.5, 0.6) is 5.75 Å². The van der Waals surface area contributed by atoms with E-state index in [2.05, 4.69) is 5.32 Å². The van der Waals surface area contributed by atoms with Crippen molar-refractivity contribution in [1.29, 1.82) is 0 Å². The Morgan fingerprint density at radius 3 is 2.26 bits per heavy atom. The Balaban J connectivity index is 1.68. The largest absolute Gasteiger partial charge is 0.494 e. The van der Waals surface area contributed by atoms with Gasteiger partial charge in [0.1, 0.15) is 24.2 Å². The lowest BCUT2D eigenvalue weighted by atomic mass is 9.95. The quantitative estimate of drug-likeness (QED) is 0.289. The summed E-state index contributed by atoms with van der Waals surface area (Å²) in [6.45, 7) is 5.43. The van der Waals surface area contributed by atoms with Gasteiger partial charge in [-0.1, -0.05) is 43.5 Å². The van der Waals surface area contributed by atoms with Crippen LogP contribution in [-0.4, -0.2) is 50.4 Å². The number of hydrogen-bond donors (Lipinski definition) is 1. The van der Waals surface area contributed by atoms with Gasteiger partial charge in [0.15, 0.2) is 0 Å². The van der Waals surface area contributed by atoms with Gasteiger partial charge in [0, 0.05) is 12.6 Å². The summed E-state index contributed by atoms with van der Waals surface area (Å²) in [4.78, 5) is 28.9. The number of sulfonamides is 1. The number of halogens is 1. The predicted octanol–water partition coefficient (Wildman–Crippen LogP) is 5.59. The first-order valence-corrected chi connectivity index (χ1v) is 16.2. The van der Waals surface area contributed by atoms with E-state index in [1.807, 2.05) is 38.1 Å². The Bertz CT molecular complexity index is 1490.